The molecule has 2 rings (SSSR count). The van der Waals surface area contributed by atoms with Gasteiger partial charge in [0.05, 0.1) is 13.2 Å². The highest BCUT2D eigenvalue weighted by Crippen LogP contribution is 2.29. The molecule has 0 spiro atoms. The fourth-order valence-corrected chi connectivity index (χ4v) is 2.25. The lowest BCUT2D eigenvalue weighted by Crippen LogP contribution is -2.23. The molecule has 0 fully saturated rings. The zero-order valence-electron chi connectivity index (χ0n) is 11.6. The molecule has 1 unspecified atom stereocenters. The largest absolute Gasteiger partial charge is 0.496 e. The summed E-state index contributed by atoms with van der Waals surface area (Å²) in [6.07, 6.45) is 1.11. The van der Waals surface area contributed by atoms with Gasteiger partial charge in [-0.25, -0.2) is 0 Å². The first-order valence-electron chi connectivity index (χ1n) is 6.78. The van der Waals surface area contributed by atoms with Crippen LogP contribution in [0.15, 0.2) is 54.6 Å². The summed E-state index contributed by atoms with van der Waals surface area (Å²) in [5.74, 6) is 0.931. The van der Waals surface area contributed by atoms with Gasteiger partial charge in [0, 0.05) is 5.56 Å². The van der Waals surface area contributed by atoms with Gasteiger partial charge >= 0.3 is 0 Å². The lowest BCUT2D eigenvalue weighted by atomic mass is 9.97. The van der Waals surface area contributed by atoms with Gasteiger partial charge in [-0.05, 0) is 24.6 Å². The molecule has 0 heterocycles. The molecule has 1 N–H and O–H groups in total. The Labute approximate surface area is 115 Å². The van der Waals surface area contributed by atoms with Crippen LogP contribution in [0.4, 0.5) is 0 Å². The van der Waals surface area contributed by atoms with E-state index >= 15 is 0 Å². The first-order valence-corrected chi connectivity index (χ1v) is 6.78. The van der Waals surface area contributed by atoms with Gasteiger partial charge in [-0.1, -0.05) is 55.5 Å². The van der Waals surface area contributed by atoms with E-state index in [1.54, 1.807) is 7.11 Å². The van der Waals surface area contributed by atoms with Crippen LogP contribution in [-0.2, 0) is 0 Å². The van der Waals surface area contributed by atoms with E-state index in [1.165, 1.54) is 11.1 Å². The summed E-state index contributed by atoms with van der Waals surface area (Å²) >= 11 is 0. The Morgan fingerprint density at radius 1 is 1.00 bits per heavy atom. The second-order valence-electron chi connectivity index (χ2n) is 4.54. The SMILES string of the molecule is CCCNC(c1ccccc1)c1ccccc1OC. The average Bonchev–Trinajstić information content (AvgIpc) is 2.49. The van der Waals surface area contributed by atoms with Gasteiger partial charge in [-0.3, -0.25) is 0 Å². The molecule has 0 bridgehead atoms. The van der Waals surface area contributed by atoms with Gasteiger partial charge in [0.15, 0.2) is 0 Å². The highest BCUT2D eigenvalue weighted by atomic mass is 16.5. The highest BCUT2D eigenvalue weighted by Gasteiger charge is 2.16. The predicted molar refractivity (Wildman–Crippen MR) is 79.6 cm³/mol. The number of rotatable bonds is 6. The van der Waals surface area contributed by atoms with E-state index in [2.05, 4.69) is 48.6 Å². The smallest absolute Gasteiger partial charge is 0.123 e. The predicted octanol–water partition coefficient (Wildman–Crippen LogP) is 3.78. The Morgan fingerprint density at radius 2 is 1.68 bits per heavy atom. The topological polar surface area (TPSA) is 21.3 Å². The summed E-state index contributed by atoms with van der Waals surface area (Å²) in [6.45, 7) is 3.16. The van der Waals surface area contributed by atoms with Crippen molar-refractivity contribution in [2.75, 3.05) is 13.7 Å². The average molecular weight is 255 g/mol. The molecule has 0 aromatic heterocycles. The van der Waals surface area contributed by atoms with Crippen LogP contribution < -0.4 is 10.1 Å². The minimum Gasteiger partial charge on any atom is -0.496 e. The fraction of sp³-hybridized carbons (Fsp3) is 0.294. The number of hydrogen-bond acceptors (Lipinski definition) is 2. The van der Waals surface area contributed by atoms with Crippen LogP contribution in [0.25, 0.3) is 0 Å². The number of benzene rings is 2. The third-order valence-corrected chi connectivity index (χ3v) is 3.18. The molecule has 2 aromatic carbocycles. The summed E-state index contributed by atoms with van der Waals surface area (Å²) < 4.78 is 5.49. The van der Waals surface area contributed by atoms with Crippen LogP contribution in [0.1, 0.15) is 30.5 Å². The molecule has 0 amide bonds. The molecule has 2 nitrogen and oxygen atoms in total. The lowest BCUT2D eigenvalue weighted by Gasteiger charge is -2.21. The Hall–Kier alpha value is -1.80. The van der Waals surface area contributed by atoms with Crippen LogP contribution in [0.3, 0.4) is 0 Å². The molecule has 19 heavy (non-hydrogen) atoms. The van der Waals surface area contributed by atoms with Crippen molar-refractivity contribution in [3.05, 3.63) is 65.7 Å². The molecule has 0 saturated heterocycles. The molecule has 1 atom stereocenters. The maximum Gasteiger partial charge on any atom is 0.123 e. The van der Waals surface area contributed by atoms with Crippen LogP contribution >= 0.6 is 0 Å². The Balaban J connectivity index is 2.37. The van der Waals surface area contributed by atoms with Crippen LogP contribution in [0.2, 0.25) is 0 Å². The van der Waals surface area contributed by atoms with E-state index in [-0.39, 0.29) is 6.04 Å². The molecule has 0 saturated carbocycles. The molecule has 0 radical (unpaired) electrons. The van der Waals surface area contributed by atoms with Crippen LogP contribution in [0.5, 0.6) is 5.75 Å². The molecule has 2 aromatic rings. The van der Waals surface area contributed by atoms with Crippen molar-refractivity contribution in [1.82, 2.24) is 5.32 Å². The quantitative estimate of drug-likeness (QED) is 0.848. The zero-order valence-corrected chi connectivity index (χ0v) is 11.6. The van der Waals surface area contributed by atoms with E-state index in [9.17, 15) is 0 Å². The third-order valence-electron chi connectivity index (χ3n) is 3.18. The molecular formula is C17H21NO. The normalized spacial score (nSPS) is 12.1. The van der Waals surface area contributed by atoms with Crippen molar-refractivity contribution in [2.24, 2.45) is 0 Å². The second kappa shape index (κ2) is 6.95. The Bertz CT molecular complexity index is 496. The van der Waals surface area contributed by atoms with Crippen molar-refractivity contribution in [1.29, 1.82) is 0 Å². The van der Waals surface area contributed by atoms with Gasteiger partial charge in [0.1, 0.15) is 5.75 Å². The first kappa shape index (κ1) is 13.6. The first-order chi connectivity index (χ1) is 9.36. The van der Waals surface area contributed by atoms with Gasteiger partial charge in [0.25, 0.3) is 0 Å². The van der Waals surface area contributed by atoms with Gasteiger partial charge in [0.2, 0.25) is 0 Å². The van der Waals surface area contributed by atoms with Crippen molar-refractivity contribution in [2.45, 2.75) is 19.4 Å². The van der Waals surface area contributed by atoms with Crippen LogP contribution in [-0.4, -0.2) is 13.7 Å². The number of nitrogens with one attached hydrogen (secondary N) is 1. The molecule has 0 aliphatic rings. The number of hydrogen-bond donors (Lipinski definition) is 1. The van der Waals surface area contributed by atoms with Gasteiger partial charge < -0.3 is 10.1 Å². The Morgan fingerprint density at radius 3 is 2.37 bits per heavy atom. The number of methoxy groups -OCH3 is 1. The lowest BCUT2D eigenvalue weighted by molar-refractivity contribution is 0.404. The molecule has 100 valence electrons. The molecule has 0 aliphatic heterocycles. The summed E-state index contributed by atoms with van der Waals surface area (Å²) in [5, 5.41) is 3.60. The van der Waals surface area contributed by atoms with Crippen LogP contribution in [0, 0.1) is 0 Å². The minimum absolute atomic E-state index is 0.178. The van der Waals surface area contributed by atoms with Gasteiger partial charge in [-0.15, -0.1) is 0 Å². The highest BCUT2D eigenvalue weighted by molar-refractivity contribution is 5.41. The summed E-state index contributed by atoms with van der Waals surface area (Å²) in [6, 6.07) is 18.9. The minimum atomic E-state index is 0.178. The fourth-order valence-electron chi connectivity index (χ4n) is 2.25. The van der Waals surface area contributed by atoms with Crippen molar-refractivity contribution >= 4 is 0 Å². The van der Waals surface area contributed by atoms with E-state index in [1.807, 2.05) is 18.2 Å². The van der Waals surface area contributed by atoms with Crippen molar-refractivity contribution < 1.29 is 4.74 Å². The summed E-state index contributed by atoms with van der Waals surface area (Å²) in [4.78, 5) is 0. The maximum atomic E-state index is 5.49. The van der Waals surface area contributed by atoms with Crippen molar-refractivity contribution in [3.63, 3.8) is 0 Å². The summed E-state index contributed by atoms with van der Waals surface area (Å²) in [5.41, 5.74) is 2.45. The maximum absolute atomic E-state index is 5.49. The molecular weight excluding hydrogens is 234 g/mol. The second-order valence-corrected chi connectivity index (χ2v) is 4.54. The van der Waals surface area contributed by atoms with E-state index in [0.717, 1.165) is 18.7 Å². The molecule has 0 aliphatic carbocycles. The van der Waals surface area contributed by atoms with E-state index in [0.29, 0.717) is 0 Å². The monoisotopic (exact) mass is 255 g/mol. The standard InChI is InChI=1S/C17H21NO/c1-3-13-18-17(14-9-5-4-6-10-14)15-11-7-8-12-16(15)19-2/h4-12,17-18H,3,13H2,1-2H3. The van der Waals surface area contributed by atoms with Crippen molar-refractivity contribution in [3.8, 4) is 5.75 Å². The van der Waals surface area contributed by atoms with E-state index < -0.39 is 0 Å². The zero-order chi connectivity index (χ0) is 13.5. The number of para-hydroxylation sites is 1. The number of ether oxygens (including phenoxy) is 1. The molecule has 2 heteroatoms. The third kappa shape index (κ3) is 3.36. The van der Waals surface area contributed by atoms with Gasteiger partial charge in [-0.2, -0.15) is 0 Å². The van der Waals surface area contributed by atoms with E-state index in [4.69, 9.17) is 4.74 Å². The summed E-state index contributed by atoms with van der Waals surface area (Å²) in [7, 11) is 1.72. The Kier molecular flexibility index (Phi) is 4.99.